The molecule has 0 spiro atoms. The predicted octanol–water partition coefficient (Wildman–Crippen LogP) is 5.79. The van der Waals surface area contributed by atoms with Gasteiger partial charge in [0, 0.05) is 16.5 Å². The van der Waals surface area contributed by atoms with E-state index >= 15 is 0 Å². The zero-order chi connectivity index (χ0) is 17.5. The van der Waals surface area contributed by atoms with Crippen molar-refractivity contribution in [1.29, 1.82) is 0 Å². The number of thioether (sulfide) groups is 1. The number of para-hydroxylation sites is 1. The van der Waals surface area contributed by atoms with Gasteiger partial charge in [-0.05, 0) is 24.1 Å². The summed E-state index contributed by atoms with van der Waals surface area (Å²) in [4.78, 5) is 12.4. The maximum absolute atomic E-state index is 12.4. The number of carbonyl (C=O) groups is 1. The monoisotopic (exact) mass is 347 g/mol. The molecular weight excluding hydrogens is 326 g/mol. The third-order valence-electron chi connectivity index (χ3n) is 4.02. The minimum atomic E-state index is 0.0242. The highest BCUT2D eigenvalue weighted by Gasteiger charge is 2.11. The Bertz CT molecular complexity index is 818. The minimum Gasteiger partial charge on any atom is -0.325 e. The summed E-state index contributed by atoms with van der Waals surface area (Å²) in [6, 6.07) is 28.3. The molecule has 0 saturated carbocycles. The van der Waals surface area contributed by atoms with Crippen molar-refractivity contribution in [3.8, 4) is 11.1 Å². The van der Waals surface area contributed by atoms with Crippen LogP contribution in [0.25, 0.3) is 11.1 Å². The molecule has 3 aromatic carbocycles. The first-order valence-corrected chi connectivity index (χ1v) is 9.40. The molecule has 25 heavy (non-hydrogen) atoms. The molecule has 0 radical (unpaired) electrons. The van der Waals surface area contributed by atoms with E-state index in [2.05, 4.69) is 36.5 Å². The molecule has 0 aliphatic heterocycles. The summed E-state index contributed by atoms with van der Waals surface area (Å²) >= 11 is 1.65. The van der Waals surface area contributed by atoms with E-state index in [1.54, 1.807) is 11.8 Å². The van der Waals surface area contributed by atoms with Crippen molar-refractivity contribution in [2.75, 3.05) is 11.1 Å². The molecule has 3 aromatic rings. The molecule has 0 aromatic heterocycles. The van der Waals surface area contributed by atoms with Crippen molar-refractivity contribution < 1.29 is 4.79 Å². The van der Waals surface area contributed by atoms with Gasteiger partial charge in [-0.1, -0.05) is 78.9 Å². The Kier molecular flexibility index (Phi) is 5.91. The zero-order valence-electron chi connectivity index (χ0n) is 14.2. The van der Waals surface area contributed by atoms with E-state index in [0.717, 1.165) is 16.8 Å². The van der Waals surface area contributed by atoms with Crippen molar-refractivity contribution in [2.24, 2.45) is 0 Å². The maximum atomic E-state index is 12.4. The van der Waals surface area contributed by atoms with Crippen molar-refractivity contribution >= 4 is 23.4 Å². The summed E-state index contributed by atoms with van der Waals surface area (Å²) in [6.45, 7) is 2.13. The summed E-state index contributed by atoms with van der Waals surface area (Å²) in [5.74, 6) is 0.454. The number of hydrogen-bond donors (Lipinski definition) is 1. The maximum Gasteiger partial charge on any atom is 0.234 e. The van der Waals surface area contributed by atoms with Gasteiger partial charge in [0.15, 0.2) is 0 Å². The lowest BCUT2D eigenvalue weighted by Crippen LogP contribution is -2.15. The smallest absolute Gasteiger partial charge is 0.234 e. The standard InChI is InChI=1S/C22H21NOS/c1-17(18-10-4-2-5-11-18)25-16-22(24)23-21-15-9-8-14-20(21)19-12-6-3-7-13-19/h2-15,17H,16H2,1H3,(H,23,24)/t17-/m1/s1. The first kappa shape index (κ1) is 17.3. The Hall–Kier alpha value is -2.52. The van der Waals surface area contributed by atoms with Gasteiger partial charge in [0.2, 0.25) is 5.91 Å². The van der Waals surface area contributed by atoms with E-state index in [-0.39, 0.29) is 11.2 Å². The molecule has 2 nitrogen and oxygen atoms in total. The molecule has 3 heteroatoms. The van der Waals surface area contributed by atoms with E-state index in [1.807, 2.05) is 60.7 Å². The molecule has 1 atom stereocenters. The summed E-state index contributed by atoms with van der Waals surface area (Å²) in [7, 11) is 0. The largest absolute Gasteiger partial charge is 0.325 e. The van der Waals surface area contributed by atoms with Crippen LogP contribution in [-0.2, 0) is 4.79 Å². The van der Waals surface area contributed by atoms with Gasteiger partial charge < -0.3 is 5.32 Å². The molecular formula is C22H21NOS. The average molecular weight is 347 g/mol. The molecule has 0 heterocycles. The van der Waals surface area contributed by atoms with Crippen molar-refractivity contribution in [2.45, 2.75) is 12.2 Å². The molecule has 0 fully saturated rings. The average Bonchev–Trinajstić information content (AvgIpc) is 2.68. The van der Waals surface area contributed by atoms with Gasteiger partial charge in [-0.15, -0.1) is 11.8 Å². The van der Waals surface area contributed by atoms with Crippen LogP contribution >= 0.6 is 11.8 Å². The van der Waals surface area contributed by atoms with Gasteiger partial charge >= 0.3 is 0 Å². The highest BCUT2D eigenvalue weighted by molar-refractivity contribution is 8.00. The number of hydrogen-bond acceptors (Lipinski definition) is 2. The van der Waals surface area contributed by atoms with E-state index in [0.29, 0.717) is 5.75 Å². The molecule has 3 rings (SSSR count). The fourth-order valence-corrected chi connectivity index (χ4v) is 3.49. The number of amides is 1. The third kappa shape index (κ3) is 4.74. The lowest BCUT2D eigenvalue weighted by molar-refractivity contribution is -0.113. The SMILES string of the molecule is C[C@@H](SCC(=O)Nc1ccccc1-c1ccccc1)c1ccccc1. The minimum absolute atomic E-state index is 0.0242. The van der Waals surface area contributed by atoms with Crippen LogP contribution in [0, 0.1) is 0 Å². The van der Waals surface area contributed by atoms with E-state index in [4.69, 9.17) is 0 Å². The van der Waals surface area contributed by atoms with Gasteiger partial charge in [0.1, 0.15) is 0 Å². The number of benzene rings is 3. The number of anilines is 1. The Balaban J connectivity index is 1.64. The number of nitrogens with one attached hydrogen (secondary N) is 1. The van der Waals surface area contributed by atoms with Crippen molar-refractivity contribution in [1.82, 2.24) is 0 Å². The van der Waals surface area contributed by atoms with Crippen LogP contribution in [0.5, 0.6) is 0 Å². The first-order valence-electron chi connectivity index (χ1n) is 8.35. The van der Waals surface area contributed by atoms with Crippen molar-refractivity contribution in [3.63, 3.8) is 0 Å². The number of carbonyl (C=O) groups excluding carboxylic acids is 1. The third-order valence-corrected chi connectivity index (χ3v) is 5.22. The molecule has 1 N–H and O–H groups in total. The highest BCUT2D eigenvalue weighted by Crippen LogP contribution is 2.30. The van der Waals surface area contributed by atoms with E-state index < -0.39 is 0 Å². The Morgan fingerprint density at radius 3 is 2.20 bits per heavy atom. The van der Waals surface area contributed by atoms with Crippen LogP contribution in [0.3, 0.4) is 0 Å². The molecule has 1 amide bonds. The molecule has 0 saturated heterocycles. The molecule has 126 valence electrons. The first-order chi connectivity index (χ1) is 12.2. The Morgan fingerprint density at radius 2 is 1.48 bits per heavy atom. The summed E-state index contributed by atoms with van der Waals surface area (Å²) in [6.07, 6.45) is 0. The van der Waals surface area contributed by atoms with Gasteiger partial charge in [0.05, 0.1) is 5.75 Å². The lowest BCUT2D eigenvalue weighted by Gasteiger charge is -2.13. The topological polar surface area (TPSA) is 29.1 Å². The zero-order valence-corrected chi connectivity index (χ0v) is 15.0. The van der Waals surface area contributed by atoms with Crippen molar-refractivity contribution in [3.05, 3.63) is 90.5 Å². The predicted molar refractivity (Wildman–Crippen MR) is 108 cm³/mol. The second-order valence-corrected chi connectivity index (χ2v) is 7.15. The fraction of sp³-hybridized carbons (Fsp3) is 0.136. The summed E-state index contributed by atoms with van der Waals surface area (Å²) in [5, 5.41) is 3.34. The second-order valence-electron chi connectivity index (χ2n) is 5.82. The normalized spacial score (nSPS) is 11.7. The molecule has 0 bridgehead atoms. The van der Waals surface area contributed by atoms with Crippen LogP contribution in [0.1, 0.15) is 17.7 Å². The molecule has 0 aliphatic carbocycles. The summed E-state index contributed by atoms with van der Waals surface area (Å²) < 4.78 is 0. The molecule has 0 unspecified atom stereocenters. The molecule has 0 aliphatic rings. The highest BCUT2D eigenvalue weighted by atomic mass is 32.2. The van der Waals surface area contributed by atoms with Gasteiger partial charge in [-0.2, -0.15) is 0 Å². The number of rotatable bonds is 6. The van der Waals surface area contributed by atoms with E-state index in [9.17, 15) is 4.79 Å². The second kappa shape index (κ2) is 8.54. The fourth-order valence-electron chi connectivity index (χ4n) is 2.67. The van der Waals surface area contributed by atoms with Crippen LogP contribution in [0.4, 0.5) is 5.69 Å². The van der Waals surface area contributed by atoms with Crippen LogP contribution < -0.4 is 5.32 Å². The van der Waals surface area contributed by atoms with Gasteiger partial charge in [-0.3, -0.25) is 4.79 Å². The lowest BCUT2D eigenvalue weighted by atomic mass is 10.0. The Labute approximate surface area is 153 Å². The van der Waals surface area contributed by atoms with Gasteiger partial charge in [-0.25, -0.2) is 0 Å². The van der Waals surface area contributed by atoms with Gasteiger partial charge in [0.25, 0.3) is 0 Å². The van der Waals surface area contributed by atoms with Crippen LogP contribution in [0.2, 0.25) is 0 Å². The quantitative estimate of drug-likeness (QED) is 0.612. The van der Waals surface area contributed by atoms with E-state index in [1.165, 1.54) is 5.56 Å². The Morgan fingerprint density at radius 1 is 0.880 bits per heavy atom. The van der Waals surface area contributed by atoms with Crippen LogP contribution in [-0.4, -0.2) is 11.7 Å². The van der Waals surface area contributed by atoms with Crippen LogP contribution in [0.15, 0.2) is 84.9 Å². The summed E-state index contributed by atoms with van der Waals surface area (Å²) in [5.41, 5.74) is 4.23.